The largest absolute Gasteiger partial charge is 0.0683 e. The van der Waals surface area contributed by atoms with E-state index in [4.69, 9.17) is 0 Å². The Morgan fingerprint density at radius 3 is 0.600 bits per heavy atom. The van der Waals surface area contributed by atoms with Crippen molar-refractivity contribution in [1.82, 2.24) is 0 Å². The Bertz CT molecular complexity index is 25.2. The first-order valence-corrected chi connectivity index (χ1v) is 29.0. The zero-order valence-electron chi connectivity index (χ0n) is 8.24. The van der Waals surface area contributed by atoms with Gasteiger partial charge in [-0.15, -0.1) is 0 Å². The highest BCUT2D eigenvalue weighted by atomic mass is 30.1. The van der Waals surface area contributed by atoms with Crippen LogP contribution < -0.4 is 0 Å². The van der Waals surface area contributed by atoms with E-state index in [1.165, 1.54) is 0 Å². The molecule has 0 nitrogen and oxygen atoms in total. The molecule has 0 spiro atoms. The summed E-state index contributed by atoms with van der Waals surface area (Å²) in [4.78, 5) is 0. The van der Waals surface area contributed by atoms with Gasteiger partial charge in [0.25, 0.3) is 0 Å². The highest BCUT2D eigenvalue weighted by molar-refractivity contribution is 7.76. The summed E-state index contributed by atoms with van der Waals surface area (Å²) < 4.78 is 0. The molecule has 6 heteroatoms. The first-order chi connectivity index (χ1) is 5.00. The van der Waals surface area contributed by atoms with Gasteiger partial charge in [-0.1, -0.05) is 27.7 Å². The zero-order chi connectivity index (χ0) is 8.24. The minimum atomic E-state index is 0.944. The van der Waals surface area contributed by atoms with E-state index >= 15 is 0 Å². The first-order valence-electron chi connectivity index (χ1n) is 5.00. The van der Waals surface area contributed by atoms with Crippen molar-refractivity contribution in [2.75, 3.05) is 0 Å². The molecule has 0 aromatic carbocycles. The molecule has 1 saturated heterocycles. The van der Waals surface area contributed by atoms with Gasteiger partial charge in [0.05, 0.1) is 0 Å². The third-order valence-electron chi connectivity index (χ3n) is 1.50. The summed E-state index contributed by atoms with van der Waals surface area (Å²) in [5, 5.41) is 0. The fourth-order valence-corrected chi connectivity index (χ4v) is 258. The van der Waals surface area contributed by atoms with Gasteiger partial charge < -0.3 is 0 Å². The van der Waals surface area contributed by atoms with Gasteiger partial charge in [-0.25, -0.2) is 0 Å². The molecule has 0 saturated carbocycles. The molecular weight excluding hydrogens is 217 g/mol. The van der Waals surface area contributed by atoms with Crippen LogP contribution in [0.25, 0.3) is 0 Å². The van der Waals surface area contributed by atoms with Gasteiger partial charge in [-0.3, -0.25) is 0 Å². The van der Waals surface area contributed by atoms with Crippen LogP contribution in [0, 0.1) is 0 Å². The third kappa shape index (κ3) is 12.0. The van der Waals surface area contributed by atoms with Crippen molar-refractivity contribution in [1.29, 1.82) is 0 Å². The van der Waals surface area contributed by atoms with Crippen LogP contribution in [0.4, 0.5) is 0 Å². The van der Waals surface area contributed by atoms with E-state index in [0.29, 0.717) is 0 Å². The number of hydrogen-bond donors (Lipinski definition) is 0. The van der Waals surface area contributed by atoms with Gasteiger partial charge in [0, 0.05) is 0 Å². The quantitative estimate of drug-likeness (QED) is 0.387. The lowest BCUT2D eigenvalue weighted by atomic mass is 11.0. The lowest BCUT2D eigenvalue weighted by Gasteiger charge is -2.01. The second kappa shape index (κ2) is 16.7. The van der Waals surface area contributed by atoms with Crippen LogP contribution in [0.15, 0.2) is 0 Å². The van der Waals surface area contributed by atoms with Crippen molar-refractivity contribution in [2.45, 2.75) is 27.7 Å². The van der Waals surface area contributed by atoms with Gasteiger partial charge in [-0.05, 0) is 51.3 Å². The molecular formula is C4H24Si6. The predicted octanol–water partition coefficient (Wildman–Crippen LogP) is -3.44. The first kappa shape index (κ1) is 13.9. The molecule has 1 heterocycles. The summed E-state index contributed by atoms with van der Waals surface area (Å²) in [6.07, 6.45) is 0. The topological polar surface area (TPSA) is 0 Å². The summed E-state index contributed by atoms with van der Waals surface area (Å²) in [6.45, 7) is 8.00. The normalized spacial score (nSPS) is 30.0. The van der Waals surface area contributed by atoms with Crippen molar-refractivity contribution >= 4 is 51.3 Å². The van der Waals surface area contributed by atoms with E-state index in [9.17, 15) is 0 Å². The molecule has 1 fully saturated rings. The van der Waals surface area contributed by atoms with E-state index in [0.717, 1.165) is 51.3 Å². The molecule has 0 N–H and O–H groups in total. The van der Waals surface area contributed by atoms with Crippen molar-refractivity contribution in [2.24, 2.45) is 0 Å². The average Bonchev–Trinajstić information content (AvgIpc) is 2.14. The SMILES string of the molecule is CC.CC.[SiH2]1[SiH2][SiH2][SiH2][SiH2][SiH2]1. The molecule has 0 aliphatic carbocycles. The van der Waals surface area contributed by atoms with Gasteiger partial charge >= 0.3 is 0 Å². The minimum Gasteiger partial charge on any atom is -0.0683 e. The zero-order valence-corrected chi connectivity index (χ0v) is 16.7. The molecule has 0 unspecified atom stereocenters. The molecule has 0 radical (unpaired) electrons. The van der Waals surface area contributed by atoms with Crippen molar-refractivity contribution in [3.8, 4) is 0 Å². The standard InChI is InChI=1S/2C2H6.H12Si6/c2*1-2;1-2-4-6-5-3-1/h2*1-2H3;1-6H2. The maximum Gasteiger partial charge on any atom is -0.00934 e. The van der Waals surface area contributed by atoms with Crippen molar-refractivity contribution < 1.29 is 0 Å². The van der Waals surface area contributed by atoms with Crippen LogP contribution in [0.2, 0.25) is 0 Å². The molecule has 1 rings (SSSR count). The Morgan fingerprint density at radius 1 is 0.400 bits per heavy atom. The van der Waals surface area contributed by atoms with Crippen LogP contribution >= 0.6 is 0 Å². The highest BCUT2D eigenvalue weighted by Crippen LogP contribution is 1.62. The fourth-order valence-electron chi connectivity index (χ4n) is 1.06. The van der Waals surface area contributed by atoms with Crippen LogP contribution in [0.5, 0.6) is 0 Å². The highest BCUT2D eigenvalue weighted by Gasteiger charge is 1.99. The Morgan fingerprint density at radius 2 is 0.500 bits per heavy atom. The number of rotatable bonds is 0. The predicted molar refractivity (Wildman–Crippen MR) is 74.0 cm³/mol. The second-order valence-corrected chi connectivity index (χ2v) is 57.3. The molecule has 1 aliphatic heterocycles. The minimum absolute atomic E-state index is 0.944. The molecule has 64 valence electrons. The molecule has 0 aromatic rings. The maximum atomic E-state index is 2.00. The Balaban J connectivity index is 0. The van der Waals surface area contributed by atoms with Gasteiger partial charge in [0.1, 0.15) is 0 Å². The smallest absolute Gasteiger partial charge is 0.00934 e. The molecule has 0 atom stereocenters. The van der Waals surface area contributed by atoms with Gasteiger partial charge in [-0.2, -0.15) is 0 Å². The molecule has 0 amide bonds. The second-order valence-electron chi connectivity index (χ2n) is 2.12. The van der Waals surface area contributed by atoms with Gasteiger partial charge in [0.15, 0.2) is 0 Å². The summed E-state index contributed by atoms with van der Waals surface area (Å²) >= 11 is 0. The molecule has 0 aromatic heterocycles. The molecule has 0 bridgehead atoms. The summed E-state index contributed by atoms with van der Waals surface area (Å²) in [5.41, 5.74) is 0. The maximum absolute atomic E-state index is 2.00. The van der Waals surface area contributed by atoms with E-state index in [2.05, 4.69) is 0 Å². The summed E-state index contributed by atoms with van der Waals surface area (Å²) in [6, 6.07) is 0. The third-order valence-corrected chi connectivity index (χ3v) is 121. The molecule has 10 heavy (non-hydrogen) atoms. The Kier molecular flexibility index (Phi) is 23.2. The van der Waals surface area contributed by atoms with Crippen LogP contribution in [-0.4, -0.2) is 51.3 Å². The fraction of sp³-hybridized carbons (Fsp3) is 1.00. The van der Waals surface area contributed by atoms with Gasteiger partial charge in [0.2, 0.25) is 0 Å². The van der Waals surface area contributed by atoms with Crippen LogP contribution in [-0.2, 0) is 0 Å². The Hall–Kier alpha value is 1.30. The van der Waals surface area contributed by atoms with E-state index in [-0.39, 0.29) is 0 Å². The average molecular weight is 241 g/mol. The Labute approximate surface area is 79.0 Å². The van der Waals surface area contributed by atoms with Crippen LogP contribution in [0.1, 0.15) is 27.7 Å². The van der Waals surface area contributed by atoms with Crippen LogP contribution in [0.3, 0.4) is 0 Å². The van der Waals surface area contributed by atoms with Crippen molar-refractivity contribution in [3.63, 3.8) is 0 Å². The summed E-state index contributed by atoms with van der Waals surface area (Å²) in [5.74, 6) is 0. The molecule has 1 aliphatic rings. The lowest BCUT2D eigenvalue weighted by Crippen LogP contribution is -2.38. The van der Waals surface area contributed by atoms with E-state index in [1.54, 1.807) is 0 Å². The monoisotopic (exact) mass is 240 g/mol. The summed E-state index contributed by atoms with van der Waals surface area (Å²) in [7, 11) is 5.67. The van der Waals surface area contributed by atoms with E-state index in [1.807, 2.05) is 27.7 Å². The lowest BCUT2D eigenvalue weighted by molar-refractivity contribution is 1.50. The number of hydrogen-bond acceptors (Lipinski definition) is 0. The van der Waals surface area contributed by atoms with E-state index < -0.39 is 0 Å². The van der Waals surface area contributed by atoms with Crippen molar-refractivity contribution in [3.05, 3.63) is 0 Å².